The number of hydrogen-bond acceptors (Lipinski definition) is 4. The lowest BCUT2D eigenvalue weighted by Gasteiger charge is -2.11. The minimum absolute atomic E-state index is 0.0417. The van der Waals surface area contributed by atoms with E-state index in [0.29, 0.717) is 10.8 Å². The van der Waals surface area contributed by atoms with Crippen LogP contribution in [0, 0.1) is 0 Å². The first-order valence-electron chi connectivity index (χ1n) is 5.34. The van der Waals surface area contributed by atoms with Crippen LogP contribution in [0.2, 0.25) is 0 Å². The summed E-state index contributed by atoms with van der Waals surface area (Å²) in [6.07, 6.45) is 3.84. The Morgan fingerprint density at radius 3 is 2.41 bits per heavy atom. The van der Waals surface area contributed by atoms with Gasteiger partial charge in [-0.1, -0.05) is 0 Å². The topological polar surface area (TPSA) is 26.8 Å². The van der Waals surface area contributed by atoms with Gasteiger partial charge >= 0.3 is 0 Å². The summed E-state index contributed by atoms with van der Waals surface area (Å²) in [7, 11) is 5.58. The highest BCUT2D eigenvalue weighted by molar-refractivity contribution is 8.03. The first kappa shape index (κ1) is 12.4. The van der Waals surface area contributed by atoms with E-state index in [2.05, 4.69) is 11.9 Å². The van der Waals surface area contributed by atoms with Gasteiger partial charge in [-0.3, -0.25) is 9.69 Å². The van der Waals surface area contributed by atoms with Crippen LogP contribution in [0.4, 0.5) is 0 Å². The Balaban J connectivity index is 2.23. The Hall–Kier alpha value is -1.01. The molecule has 2 aliphatic heterocycles. The molecule has 0 saturated carbocycles. The van der Waals surface area contributed by atoms with Gasteiger partial charge in [-0.2, -0.15) is 0 Å². The quantitative estimate of drug-likeness (QED) is 0.524. The molecule has 0 aromatic rings. The van der Waals surface area contributed by atoms with Crippen molar-refractivity contribution in [2.45, 2.75) is 0 Å². The predicted octanol–water partition coefficient (Wildman–Crippen LogP) is 1.08. The van der Waals surface area contributed by atoms with Crippen molar-refractivity contribution in [3.63, 3.8) is 0 Å². The van der Waals surface area contributed by atoms with Gasteiger partial charge in [-0.05, 0) is 24.4 Å². The van der Waals surface area contributed by atoms with Crippen molar-refractivity contribution in [3.05, 3.63) is 22.9 Å². The molecule has 0 bridgehead atoms. The standard InChI is InChI=1S/C11H15N3OS2/c1-12-6-7-17-9(12)5-4-8-10(15)14(3)11(16)13(8)2/h4-5H,6-7H2,1-3H3. The highest BCUT2D eigenvalue weighted by atomic mass is 32.2. The lowest BCUT2D eigenvalue weighted by Crippen LogP contribution is -2.26. The molecular formula is C11H15N3OS2. The Labute approximate surface area is 111 Å². The molecule has 0 unspecified atom stereocenters. The van der Waals surface area contributed by atoms with Crippen molar-refractivity contribution in [2.75, 3.05) is 33.4 Å². The number of amides is 1. The molecule has 0 radical (unpaired) electrons. The smallest absolute Gasteiger partial charge is 0.276 e. The van der Waals surface area contributed by atoms with Gasteiger partial charge in [0.15, 0.2) is 5.11 Å². The van der Waals surface area contributed by atoms with Crippen LogP contribution >= 0.6 is 24.0 Å². The average molecular weight is 269 g/mol. The van der Waals surface area contributed by atoms with Crippen molar-refractivity contribution < 1.29 is 4.79 Å². The number of allylic oxidation sites excluding steroid dienone is 2. The van der Waals surface area contributed by atoms with Gasteiger partial charge in [0.25, 0.3) is 5.91 Å². The third-order valence-corrected chi connectivity index (χ3v) is 4.57. The summed E-state index contributed by atoms with van der Waals surface area (Å²) >= 11 is 6.95. The maximum Gasteiger partial charge on any atom is 0.276 e. The molecule has 6 heteroatoms. The van der Waals surface area contributed by atoms with Crippen molar-refractivity contribution in [1.29, 1.82) is 0 Å². The van der Waals surface area contributed by atoms with E-state index in [1.165, 1.54) is 9.93 Å². The van der Waals surface area contributed by atoms with Crippen LogP contribution in [0.3, 0.4) is 0 Å². The third-order valence-electron chi connectivity index (χ3n) is 2.90. The van der Waals surface area contributed by atoms with Gasteiger partial charge in [0.05, 0.1) is 5.03 Å². The number of likely N-dealkylation sites (N-methyl/N-ethyl adjacent to an activating group) is 2. The first-order chi connectivity index (χ1) is 8.02. The number of thioether (sulfide) groups is 1. The molecule has 0 spiro atoms. The number of carbonyl (C=O) groups excluding carboxylic acids is 1. The second-order valence-corrected chi connectivity index (χ2v) is 5.51. The molecule has 0 aromatic heterocycles. The van der Waals surface area contributed by atoms with Crippen LogP contribution in [0.15, 0.2) is 22.9 Å². The average Bonchev–Trinajstić information content (AvgIpc) is 2.78. The molecular weight excluding hydrogens is 254 g/mol. The lowest BCUT2D eigenvalue weighted by molar-refractivity contribution is -0.121. The summed E-state index contributed by atoms with van der Waals surface area (Å²) in [6, 6.07) is 0. The van der Waals surface area contributed by atoms with E-state index in [1.807, 2.05) is 19.2 Å². The molecule has 1 amide bonds. The fourth-order valence-electron chi connectivity index (χ4n) is 1.75. The minimum Gasteiger partial charge on any atom is -0.369 e. The van der Waals surface area contributed by atoms with Crippen LogP contribution < -0.4 is 0 Å². The first-order valence-corrected chi connectivity index (χ1v) is 6.73. The molecule has 0 atom stereocenters. The summed E-state index contributed by atoms with van der Waals surface area (Å²) in [4.78, 5) is 17.3. The minimum atomic E-state index is -0.0417. The van der Waals surface area contributed by atoms with E-state index in [0.717, 1.165) is 12.3 Å². The summed E-state index contributed by atoms with van der Waals surface area (Å²) in [5.74, 6) is 1.06. The van der Waals surface area contributed by atoms with Gasteiger partial charge in [-0.25, -0.2) is 0 Å². The summed E-state index contributed by atoms with van der Waals surface area (Å²) in [6.45, 7) is 1.06. The van der Waals surface area contributed by atoms with Crippen LogP contribution in [-0.2, 0) is 4.79 Å². The predicted molar refractivity (Wildman–Crippen MR) is 74.4 cm³/mol. The maximum absolute atomic E-state index is 11.9. The van der Waals surface area contributed by atoms with Gasteiger partial charge in [0.2, 0.25) is 0 Å². The van der Waals surface area contributed by atoms with Gasteiger partial charge in [0, 0.05) is 33.4 Å². The Morgan fingerprint density at radius 2 is 1.94 bits per heavy atom. The zero-order chi connectivity index (χ0) is 12.6. The van der Waals surface area contributed by atoms with Crippen LogP contribution in [0.5, 0.6) is 0 Å². The zero-order valence-corrected chi connectivity index (χ0v) is 11.8. The monoisotopic (exact) mass is 269 g/mol. The largest absolute Gasteiger partial charge is 0.369 e. The Morgan fingerprint density at radius 1 is 1.24 bits per heavy atom. The molecule has 2 heterocycles. The van der Waals surface area contributed by atoms with Gasteiger partial charge in [-0.15, -0.1) is 11.8 Å². The number of thiocarbonyl (C=S) groups is 1. The number of carbonyl (C=O) groups is 1. The second-order valence-electron chi connectivity index (χ2n) is 4.03. The molecule has 17 heavy (non-hydrogen) atoms. The van der Waals surface area contributed by atoms with E-state index < -0.39 is 0 Å². The molecule has 0 aromatic carbocycles. The van der Waals surface area contributed by atoms with Crippen LogP contribution in [0.1, 0.15) is 0 Å². The van der Waals surface area contributed by atoms with E-state index >= 15 is 0 Å². The molecule has 2 saturated heterocycles. The molecule has 4 nitrogen and oxygen atoms in total. The van der Waals surface area contributed by atoms with Crippen LogP contribution in [-0.4, -0.2) is 59.2 Å². The molecule has 2 fully saturated rings. The Bertz CT molecular complexity index is 430. The fourth-order valence-corrected chi connectivity index (χ4v) is 2.98. The molecule has 0 aliphatic carbocycles. The maximum atomic E-state index is 11.9. The van der Waals surface area contributed by atoms with E-state index in [4.69, 9.17) is 12.2 Å². The fraction of sp³-hybridized carbons (Fsp3) is 0.455. The van der Waals surface area contributed by atoms with Crippen molar-refractivity contribution in [3.8, 4) is 0 Å². The second kappa shape index (κ2) is 4.70. The summed E-state index contributed by atoms with van der Waals surface area (Å²) in [5, 5.41) is 1.74. The molecule has 92 valence electrons. The van der Waals surface area contributed by atoms with E-state index in [9.17, 15) is 4.79 Å². The lowest BCUT2D eigenvalue weighted by atomic mass is 10.3. The highest BCUT2D eigenvalue weighted by Crippen LogP contribution is 2.26. The molecule has 2 aliphatic rings. The van der Waals surface area contributed by atoms with Gasteiger partial charge < -0.3 is 9.80 Å². The third kappa shape index (κ3) is 2.19. The zero-order valence-electron chi connectivity index (χ0n) is 10.1. The van der Waals surface area contributed by atoms with Crippen molar-refractivity contribution >= 4 is 35.0 Å². The molecule has 2 rings (SSSR count). The van der Waals surface area contributed by atoms with Crippen molar-refractivity contribution in [2.24, 2.45) is 0 Å². The van der Waals surface area contributed by atoms with E-state index in [-0.39, 0.29) is 5.91 Å². The Kier molecular flexibility index (Phi) is 3.44. The SMILES string of the molecule is CN1CCSC1=CC=C1C(=O)N(C)C(=S)N1C. The number of rotatable bonds is 1. The summed E-state index contributed by atoms with van der Waals surface area (Å²) < 4.78 is 0. The highest BCUT2D eigenvalue weighted by Gasteiger charge is 2.32. The summed E-state index contributed by atoms with van der Waals surface area (Å²) in [5.41, 5.74) is 0.630. The number of hydrogen-bond donors (Lipinski definition) is 0. The van der Waals surface area contributed by atoms with Crippen LogP contribution in [0.25, 0.3) is 0 Å². The molecule has 0 N–H and O–H groups in total. The normalized spacial score (nSPS) is 25.9. The van der Waals surface area contributed by atoms with Gasteiger partial charge in [0.1, 0.15) is 5.70 Å². The van der Waals surface area contributed by atoms with E-state index in [1.54, 1.807) is 23.7 Å². The van der Waals surface area contributed by atoms with Crippen molar-refractivity contribution in [1.82, 2.24) is 14.7 Å². The number of nitrogens with zero attached hydrogens (tertiary/aromatic N) is 3.